The molecule has 18 heavy (non-hydrogen) atoms. The van der Waals surface area contributed by atoms with E-state index in [4.69, 9.17) is 10.2 Å². The molecule has 0 aromatic heterocycles. The van der Waals surface area contributed by atoms with E-state index in [0.717, 1.165) is 5.56 Å². The summed E-state index contributed by atoms with van der Waals surface area (Å²) in [7, 11) is 0. The molecule has 0 bridgehead atoms. The Balaban J connectivity index is 2.13. The van der Waals surface area contributed by atoms with Crippen LogP contribution in [0.15, 0.2) is 53.5 Å². The average molecular weight is 241 g/mol. The van der Waals surface area contributed by atoms with Crippen LogP contribution in [0.4, 0.5) is 5.69 Å². The smallest absolute Gasteiger partial charge is 0.335 e. The van der Waals surface area contributed by atoms with Gasteiger partial charge in [0.05, 0.1) is 11.3 Å². The summed E-state index contributed by atoms with van der Waals surface area (Å²) >= 11 is 0. The molecular formula is C14H11NO3. The Morgan fingerprint density at radius 2 is 1.61 bits per heavy atom. The zero-order valence-corrected chi connectivity index (χ0v) is 9.45. The number of aromatic carboxylic acids is 1. The van der Waals surface area contributed by atoms with Crippen molar-refractivity contribution in [1.82, 2.24) is 0 Å². The van der Waals surface area contributed by atoms with Gasteiger partial charge in [-0.1, -0.05) is 0 Å². The predicted molar refractivity (Wildman–Crippen MR) is 68.8 cm³/mol. The summed E-state index contributed by atoms with van der Waals surface area (Å²) in [5, 5.41) is 17.9. The summed E-state index contributed by atoms with van der Waals surface area (Å²) in [6.45, 7) is 0. The number of phenolic OH excluding ortho intramolecular Hbond substituents is 1. The van der Waals surface area contributed by atoms with Crippen LogP contribution in [-0.2, 0) is 0 Å². The highest BCUT2D eigenvalue weighted by atomic mass is 16.4. The maximum atomic E-state index is 10.7. The Hall–Kier alpha value is -2.62. The van der Waals surface area contributed by atoms with E-state index < -0.39 is 5.97 Å². The first-order valence-electron chi connectivity index (χ1n) is 5.31. The topological polar surface area (TPSA) is 69.9 Å². The first kappa shape index (κ1) is 11.9. The first-order chi connectivity index (χ1) is 8.65. The SMILES string of the molecule is O=C(O)c1ccc(N=Cc2ccc(O)cc2)cc1. The van der Waals surface area contributed by atoms with Gasteiger partial charge < -0.3 is 10.2 Å². The first-order valence-corrected chi connectivity index (χ1v) is 5.31. The van der Waals surface area contributed by atoms with Gasteiger partial charge in [0.15, 0.2) is 0 Å². The average Bonchev–Trinajstić information content (AvgIpc) is 2.38. The van der Waals surface area contributed by atoms with Crippen LogP contribution in [0.3, 0.4) is 0 Å². The number of hydrogen-bond donors (Lipinski definition) is 2. The summed E-state index contributed by atoms with van der Waals surface area (Å²) in [5.74, 6) is -0.748. The van der Waals surface area contributed by atoms with Crippen LogP contribution in [0.25, 0.3) is 0 Å². The minimum absolute atomic E-state index is 0.206. The maximum absolute atomic E-state index is 10.7. The number of nitrogens with zero attached hydrogens (tertiary/aromatic N) is 1. The Labute approximate surface area is 104 Å². The van der Waals surface area contributed by atoms with Crippen LogP contribution in [0.5, 0.6) is 5.75 Å². The Bertz CT molecular complexity index is 571. The molecule has 0 saturated heterocycles. The summed E-state index contributed by atoms with van der Waals surface area (Å²) in [6, 6.07) is 12.9. The Morgan fingerprint density at radius 3 is 2.17 bits per heavy atom. The van der Waals surface area contributed by atoms with Crippen molar-refractivity contribution in [3.8, 4) is 5.75 Å². The van der Waals surface area contributed by atoms with E-state index >= 15 is 0 Å². The Morgan fingerprint density at radius 1 is 1.00 bits per heavy atom. The number of hydrogen-bond acceptors (Lipinski definition) is 3. The number of aromatic hydroxyl groups is 1. The van der Waals surface area contributed by atoms with Crippen molar-refractivity contribution in [3.63, 3.8) is 0 Å². The van der Waals surface area contributed by atoms with E-state index in [1.54, 1.807) is 42.6 Å². The highest BCUT2D eigenvalue weighted by Gasteiger charge is 2.00. The molecule has 0 fully saturated rings. The van der Waals surface area contributed by atoms with E-state index in [1.807, 2.05) is 0 Å². The lowest BCUT2D eigenvalue weighted by atomic mass is 10.2. The molecule has 0 aliphatic rings. The molecule has 0 spiro atoms. The quantitative estimate of drug-likeness (QED) is 0.812. The molecule has 2 aromatic rings. The molecule has 0 saturated carbocycles. The highest BCUT2D eigenvalue weighted by molar-refractivity contribution is 5.88. The molecule has 0 aliphatic carbocycles. The fourth-order valence-electron chi connectivity index (χ4n) is 1.40. The van der Waals surface area contributed by atoms with Crippen molar-refractivity contribution in [2.75, 3.05) is 0 Å². The molecule has 4 nitrogen and oxygen atoms in total. The second-order valence-electron chi connectivity index (χ2n) is 3.70. The molecular weight excluding hydrogens is 230 g/mol. The monoisotopic (exact) mass is 241 g/mol. The van der Waals surface area contributed by atoms with Crippen molar-refractivity contribution >= 4 is 17.9 Å². The normalized spacial score (nSPS) is 10.7. The van der Waals surface area contributed by atoms with Crippen molar-refractivity contribution < 1.29 is 15.0 Å². The standard InChI is InChI=1S/C14H11NO3/c16-13-7-1-10(2-8-13)9-15-12-5-3-11(4-6-12)14(17)18/h1-9,16H,(H,17,18). The number of aliphatic imine (C=N–C) groups is 1. The van der Waals surface area contributed by atoms with Gasteiger partial charge in [-0.3, -0.25) is 4.99 Å². The molecule has 90 valence electrons. The van der Waals surface area contributed by atoms with Crippen LogP contribution in [0.2, 0.25) is 0 Å². The molecule has 0 aliphatic heterocycles. The van der Waals surface area contributed by atoms with Crippen molar-refractivity contribution in [3.05, 3.63) is 59.7 Å². The third-order valence-corrected chi connectivity index (χ3v) is 2.37. The number of carboxylic acid groups (broad SMARTS) is 1. The molecule has 2 N–H and O–H groups in total. The van der Waals surface area contributed by atoms with Crippen LogP contribution in [-0.4, -0.2) is 22.4 Å². The fraction of sp³-hybridized carbons (Fsp3) is 0. The molecule has 0 radical (unpaired) electrons. The number of phenols is 1. The van der Waals surface area contributed by atoms with Crippen molar-refractivity contribution in [1.29, 1.82) is 0 Å². The number of carboxylic acids is 1. The van der Waals surface area contributed by atoms with Crippen LogP contribution < -0.4 is 0 Å². The molecule has 0 amide bonds. The molecule has 0 unspecified atom stereocenters. The lowest BCUT2D eigenvalue weighted by Crippen LogP contribution is -1.94. The van der Waals surface area contributed by atoms with Gasteiger partial charge >= 0.3 is 5.97 Å². The Kier molecular flexibility index (Phi) is 3.38. The van der Waals surface area contributed by atoms with Gasteiger partial charge in [-0.25, -0.2) is 4.79 Å². The number of rotatable bonds is 3. The highest BCUT2D eigenvalue weighted by Crippen LogP contribution is 2.14. The van der Waals surface area contributed by atoms with Crippen LogP contribution in [0, 0.1) is 0 Å². The molecule has 0 heterocycles. The minimum Gasteiger partial charge on any atom is -0.508 e. The third kappa shape index (κ3) is 2.95. The van der Waals surface area contributed by atoms with Gasteiger partial charge in [0, 0.05) is 6.21 Å². The van der Waals surface area contributed by atoms with E-state index in [1.165, 1.54) is 12.1 Å². The molecule has 4 heteroatoms. The van der Waals surface area contributed by atoms with E-state index in [0.29, 0.717) is 5.69 Å². The number of benzene rings is 2. The lowest BCUT2D eigenvalue weighted by molar-refractivity contribution is 0.0697. The van der Waals surface area contributed by atoms with Crippen LogP contribution >= 0.6 is 0 Å². The number of carbonyl (C=O) groups is 1. The van der Waals surface area contributed by atoms with Gasteiger partial charge in [0.2, 0.25) is 0 Å². The second-order valence-corrected chi connectivity index (χ2v) is 3.70. The van der Waals surface area contributed by atoms with Gasteiger partial charge in [-0.15, -0.1) is 0 Å². The van der Waals surface area contributed by atoms with Gasteiger partial charge in [0.25, 0.3) is 0 Å². The molecule has 2 aromatic carbocycles. The lowest BCUT2D eigenvalue weighted by Gasteiger charge is -1.96. The van der Waals surface area contributed by atoms with Gasteiger partial charge in [0.1, 0.15) is 5.75 Å². The van der Waals surface area contributed by atoms with Crippen molar-refractivity contribution in [2.24, 2.45) is 4.99 Å². The van der Waals surface area contributed by atoms with E-state index in [-0.39, 0.29) is 11.3 Å². The zero-order valence-electron chi connectivity index (χ0n) is 9.45. The molecule has 2 rings (SSSR count). The fourth-order valence-corrected chi connectivity index (χ4v) is 1.40. The van der Waals surface area contributed by atoms with Gasteiger partial charge in [-0.05, 0) is 54.1 Å². The predicted octanol–water partition coefficient (Wildman–Crippen LogP) is 2.84. The second kappa shape index (κ2) is 5.14. The molecule has 0 atom stereocenters. The largest absolute Gasteiger partial charge is 0.508 e. The van der Waals surface area contributed by atoms with Crippen molar-refractivity contribution in [2.45, 2.75) is 0 Å². The third-order valence-electron chi connectivity index (χ3n) is 2.37. The summed E-state index contributed by atoms with van der Waals surface area (Å²) < 4.78 is 0. The maximum Gasteiger partial charge on any atom is 0.335 e. The van der Waals surface area contributed by atoms with E-state index in [9.17, 15) is 4.79 Å². The minimum atomic E-state index is -0.955. The summed E-state index contributed by atoms with van der Waals surface area (Å²) in [5.41, 5.74) is 1.77. The van der Waals surface area contributed by atoms with Crippen LogP contribution in [0.1, 0.15) is 15.9 Å². The van der Waals surface area contributed by atoms with Gasteiger partial charge in [-0.2, -0.15) is 0 Å². The summed E-state index contributed by atoms with van der Waals surface area (Å²) in [4.78, 5) is 14.9. The van der Waals surface area contributed by atoms with E-state index in [2.05, 4.69) is 4.99 Å². The zero-order chi connectivity index (χ0) is 13.0. The summed E-state index contributed by atoms with van der Waals surface area (Å²) in [6.07, 6.45) is 1.65.